The van der Waals surface area contributed by atoms with Crippen molar-refractivity contribution in [2.24, 2.45) is 0 Å². The highest BCUT2D eigenvalue weighted by Crippen LogP contribution is 2.17. The summed E-state index contributed by atoms with van der Waals surface area (Å²) in [7, 11) is 0. The summed E-state index contributed by atoms with van der Waals surface area (Å²) in [6, 6.07) is 0. The van der Waals surface area contributed by atoms with E-state index in [9.17, 15) is 9.59 Å². The first-order valence-electron chi connectivity index (χ1n) is 5.03. The Labute approximate surface area is 100 Å². The highest BCUT2D eigenvalue weighted by atomic mass is 17.2. The van der Waals surface area contributed by atoms with Gasteiger partial charge in [0.15, 0.2) is 0 Å². The maximum absolute atomic E-state index is 11.2. The number of carbonyl (C=O) groups is 2. The molecule has 0 aliphatic carbocycles. The Hall–Kier alpha value is -1.40. The fourth-order valence-corrected chi connectivity index (χ4v) is 0.658. The average Bonchev–Trinajstić information content (AvgIpc) is 2.10. The Kier molecular flexibility index (Phi) is 5.31. The van der Waals surface area contributed by atoms with Crippen LogP contribution in [-0.2, 0) is 24.1 Å². The molecule has 0 aromatic rings. The van der Waals surface area contributed by atoms with Crippen LogP contribution < -0.4 is 0 Å². The van der Waals surface area contributed by atoms with Crippen molar-refractivity contribution in [3.63, 3.8) is 0 Å². The standard InChI is InChI=1S/C11H18O6/c1-10(2,3)16-17-11(4,5)15-9(14)7-6-8(12)13/h6-7H,1-5H3,(H,12,13)/b7-6+. The highest BCUT2D eigenvalue weighted by Gasteiger charge is 2.27. The van der Waals surface area contributed by atoms with Gasteiger partial charge in [0, 0.05) is 26.0 Å². The number of ether oxygens (including phenoxy) is 1. The second-order valence-electron chi connectivity index (χ2n) is 4.77. The summed E-state index contributed by atoms with van der Waals surface area (Å²) in [6.07, 6.45) is 1.48. The van der Waals surface area contributed by atoms with Crippen molar-refractivity contribution in [3.05, 3.63) is 12.2 Å². The van der Waals surface area contributed by atoms with Gasteiger partial charge in [0.2, 0.25) is 5.79 Å². The first kappa shape index (κ1) is 15.6. The van der Waals surface area contributed by atoms with E-state index in [2.05, 4.69) is 0 Å². The van der Waals surface area contributed by atoms with Gasteiger partial charge in [0.25, 0.3) is 0 Å². The number of hydrogen-bond acceptors (Lipinski definition) is 5. The molecule has 6 heteroatoms. The molecule has 0 aromatic heterocycles. The largest absolute Gasteiger partial charge is 0.478 e. The van der Waals surface area contributed by atoms with Crippen LogP contribution in [0.1, 0.15) is 34.6 Å². The van der Waals surface area contributed by atoms with Crippen LogP contribution in [0.2, 0.25) is 0 Å². The molecule has 0 radical (unpaired) electrons. The first-order chi connectivity index (χ1) is 7.52. The molecule has 0 aliphatic heterocycles. The van der Waals surface area contributed by atoms with Crippen LogP contribution in [-0.4, -0.2) is 28.4 Å². The topological polar surface area (TPSA) is 82.1 Å². The molecule has 98 valence electrons. The third-order valence-corrected chi connectivity index (χ3v) is 1.20. The third-order valence-electron chi connectivity index (χ3n) is 1.20. The summed E-state index contributed by atoms with van der Waals surface area (Å²) in [5, 5.41) is 8.32. The smallest absolute Gasteiger partial charge is 0.333 e. The molecular formula is C11H18O6. The number of rotatable bonds is 5. The van der Waals surface area contributed by atoms with E-state index in [1.54, 1.807) is 20.8 Å². The number of hydrogen-bond donors (Lipinski definition) is 1. The number of esters is 1. The molecule has 0 rings (SSSR count). The van der Waals surface area contributed by atoms with E-state index < -0.39 is 23.3 Å². The first-order valence-corrected chi connectivity index (χ1v) is 5.03. The lowest BCUT2D eigenvalue weighted by atomic mass is 10.2. The molecule has 0 bridgehead atoms. The second-order valence-corrected chi connectivity index (χ2v) is 4.77. The van der Waals surface area contributed by atoms with Crippen molar-refractivity contribution in [1.29, 1.82) is 0 Å². The number of carboxylic acids is 1. The summed E-state index contributed by atoms with van der Waals surface area (Å²) in [4.78, 5) is 31.3. The molecule has 0 saturated carbocycles. The minimum Gasteiger partial charge on any atom is -0.478 e. The molecule has 0 amide bonds. The van der Waals surface area contributed by atoms with Crippen molar-refractivity contribution < 1.29 is 29.2 Å². The lowest BCUT2D eigenvalue weighted by Crippen LogP contribution is -2.34. The van der Waals surface area contributed by atoms with Crippen molar-refractivity contribution in [2.75, 3.05) is 0 Å². The molecule has 0 spiro atoms. The molecule has 0 heterocycles. The molecule has 0 atom stereocenters. The van der Waals surface area contributed by atoms with Gasteiger partial charge in [-0.3, -0.25) is 0 Å². The van der Waals surface area contributed by atoms with Crippen LogP contribution in [0.5, 0.6) is 0 Å². The molecule has 0 aromatic carbocycles. The van der Waals surface area contributed by atoms with Gasteiger partial charge in [-0.1, -0.05) is 0 Å². The van der Waals surface area contributed by atoms with Crippen molar-refractivity contribution in [3.8, 4) is 0 Å². The number of aliphatic carboxylic acids is 1. The monoisotopic (exact) mass is 246 g/mol. The molecule has 0 unspecified atom stereocenters. The van der Waals surface area contributed by atoms with Gasteiger partial charge in [-0.2, -0.15) is 4.89 Å². The zero-order valence-electron chi connectivity index (χ0n) is 10.6. The van der Waals surface area contributed by atoms with Gasteiger partial charge >= 0.3 is 11.9 Å². The van der Waals surface area contributed by atoms with E-state index >= 15 is 0 Å². The number of carbonyl (C=O) groups excluding carboxylic acids is 1. The number of carboxylic acid groups (broad SMARTS) is 1. The Morgan fingerprint density at radius 2 is 1.53 bits per heavy atom. The third kappa shape index (κ3) is 9.52. The van der Waals surface area contributed by atoms with Crippen LogP contribution in [0.25, 0.3) is 0 Å². The summed E-state index contributed by atoms with van der Waals surface area (Å²) in [5.41, 5.74) is -0.541. The van der Waals surface area contributed by atoms with Gasteiger partial charge in [-0.15, -0.1) is 0 Å². The Balaban J connectivity index is 4.25. The van der Waals surface area contributed by atoms with Gasteiger partial charge < -0.3 is 9.84 Å². The molecule has 0 aliphatic rings. The lowest BCUT2D eigenvalue weighted by molar-refractivity contribution is -0.440. The Bertz CT molecular complexity index is 310. The van der Waals surface area contributed by atoms with E-state index in [1.165, 1.54) is 13.8 Å². The fraction of sp³-hybridized carbons (Fsp3) is 0.636. The van der Waals surface area contributed by atoms with Crippen molar-refractivity contribution in [2.45, 2.75) is 46.0 Å². The van der Waals surface area contributed by atoms with Crippen LogP contribution >= 0.6 is 0 Å². The van der Waals surface area contributed by atoms with Crippen LogP contribution in [0.3, 0.4) is 0 Å². The minimum absolute atomic E-state index is 0.541. The molecule has 0 fully saturated rings. The lowest BCUT2D eigenvalue weighted by Gasteiger charge is -2.27. The minimum atomic E-state index is -1.30. The van der Waals surface area contributed by atoms with E-state index in [1.807, 2.05) is 0 Å². The quantitative estimate of drug-likeness (QED) is 0.261. The van der Waals surface area contributed by atoms with E-state index in [0.29, 0.717) is 6.08 Å². The predicted octanol–water partition coefficient (Wildman–Crippen LogP) is 1.65. The molecule has 1 N–H and O–H groups in total. The Morgan fingerprint density at radius 1 is 1.00 bits per heavy atom. The summed E-state index contributed by atoms with van der Waals surface area (Å²) in [6.45, 7) is 8.27. The van der Waals surface area contributed by atoms with Crippen LogP contribution in [0.4, 0.5) is 0 Å². The highest BCUT2D eigenvalue weighted by molar-refractivity contribution is 5.90. The second kappa shape index (κ2) is 5.79. The van der Waals surface area contributed by atoms with E-state index in [-0.39, 0.29) is 0 Å². The maximum Gasteiger partial charge on any atom is 0.333 e. The predicted molar refractivity (Wildman–Crippen MR) is 58.9 cm³/mol. The fourth-order valence-electron chi connectivity index (χ4n) is 0.658. The van der Waals surface area contributed by atoms with Gasteiger partial charge in [0.05, 0.1) is 5.60 Å². The summed E-state index contributed by atoms with van der Waals surface area (Å²) < 4.78 is 4.85. The summed E-state index contributed by atoms with van der Waals surface area (Å²) in [5.74, 6) is -3.35. The zero-order valence-corrected chi connectivity index (χ0v) is 10.6. The SMILES string of the molecule is CC(C)(C)OOC(C)(C)OC(=O)/C=C/C(=O)O. The Morgan fingerprint density at radius 3 is 1.94 bits per heavy atom. The molecule has 6 nitrogen and oxygen atoms in total. The van der Waals surface area contributed by atoms with Crippen LogP contribution in [0, 0.1) is 0 Å². The van der Waals surface area contributed by atoms with E-state index in [4.69, 9.17) is 19.6 Å². The van der Waals surface area contributed by atoms with Crippen molar-refractivity contribution >= 4 is 11.9 Å². The van der Waals surface area contributed by atoms with Gasteiger partial charge in [-0.25, -0.2) is 14.5 Å². The van der Waals surface area contributed by atoms with E-state index in [0.717, 1.165) is 6.08 Å². The van der Waals surface area contributed by atoms with Crippen LogP contribution in [0.15, 0.2) is 12.2 Å². The van der Waals surface area contributed by atoms with Gasteiger partial charge in [0.1, 0.15) is 0 Å². The molecule has 0 saturated heterocycles. The van der Waals surface area contributed by atoms with Crippen molar-refractivity contribution in [1.82, 2.24) is 0 Å². The van der Waals surface area contributed by atoms with Gasteiger partial charge in [-0.05, 0) is 20.8 Å². The normalized spacial score (nSPS) is 12.8. The zero-order chi connectivity index (χ0) is 13.7. The summed E-state index contributed by atoms with van der Waals surface area (Å²) >= 11 is 0. The molecular weight excluding hydrogens is 228 g/mol. The average molecular weight is 246 g/mol. The maximum atomic E-state index is 11.2. The molecule has 17 heavy (non-hydrogen) atoms.